The van der Waals surface area contributed by atoms with Crippen LogP contribution >= 0.6 is 12.4 Å². The van der Waals surface area contributed by atoms with Crippen molar-refractivity contribution >= 4 is 28.3 Å². The quantitative estimate of drug-likeness (QED) is 0.549. The van der Waals surface area contributed by atoms with Crippen LogP contribution in [-0.4, -0.2) is 70.8 Å². The first-order chi connectivity index (χ1) is 8.56. The molecular weight excluding hydrogens is 294 g/mol. The van der Waals surface area contributed by atoms with Crippen LogP contribution in [0.4, 0.5) is 0 Å². The SMILES string of the molecule is COCCNCCNC(=O)CN1CCCS1(=O)=O.Cl. The molecular formula is C10H22ClN3O4S. The summed E-state index contributed by atoms with van der Waals surface area (Å²) in [7, 11) is -1.56. The van der Waals surface area contributed by atoms with Crippen molar-refractivity contribution in [3.8, 4) is 0 Å². The maximum Gasteiger partial charge on any atom is 0.235 e. The molecule has 0 unspecified atom stereocenters. The zero-order valence-corrected chi connectivity index (χ0v) is 12.7. The lowest BCUT2D eigenvalue weighted by molar-refractivity contribution is -0.121. The van der Waals surface area contributed by atoms with E-state index in [1.807, 2.05) is 0 Å². The van der Waals surface area contributed by atoms with E-state index in [4.69, 9.17) is 4.74 Å². The van der Waals surface area contributed by atoms with Crippen molar-refractivity contribution in [1.82, 2.24) is 14.9 Å². The largest absolute Gasteiger partial charge is 0.383 e. The number of nitrogens with zero attached hydrogens (tertiary/aromatic N) is 1. The first kappa shape index (κ1) is 18.6. The number of rotatable bonds is 8. The molecule has 0 bridgehead atoms. The van der Waals surface area contributed by atoms with Crippen LogP contribution in [0.1, 0.15) is 6.42 Å². The second-order valence-electron chi connectivity index (χ2n) is 4.10. The van der Waals surface area contributed by atoms with Crippen molar-refractivity contribution in [2.75, 3.05) is 52.2 Å². The molecule has 1 heterocycles. The number of hydrogen-bond donors (Lipinski definition) is 2. The molecule has 0 spiro atoms. The first-order valence-corrected chi connectivity index (χ1v) is 7.61. The van der Waals surface area contributed by atoms with Crippen LogP contribution in [0.15, 0.2) is 0 Å². The van der Waals surface area contributed by atoms with Crippen molar-refractivity contribution in [2.24, 2.45) is 0 Å². The van der Waals surface area contributed by atoms with E-state index in [-0.39, 0.29) is 30.6 Å². The van der Waals surface area contributed by atoms with Crippen molar-refractivity contribution in [2.45, 2.75) is 6.42 Å². The van der Waals surface area contributed by atoms with Crippen LogP contribution in [0.25, 0.3) is 0 Å². The molecule has 114 valence electrons. The third kappa shape index (κ3) is 7.07. The molecule has 1 amide bonds. The van der Waals surface area contributed by atoms with Crippen LogP contribution in [-0.2, 0) is 19.6 Å². The maximum absolute atomic E-state index is 11.5. The predicted octanol–water partition coefficient (Wildman–Crippen LogP) is -1.20. The Kier molecular flexibility index (Phi) is 9.28. The molecule has 7 nitrogen and oxygen atoms in total. The summed E-state index contributed by atoms with van der Waals surface area (Å²) >= 11 is 0. The van der Waals surface area contributed by atoms with Crippen LogP contribution in [0.5, 0.6) is 0 Å². The van der Waals surface area contributed by atoms with Gasteiger partial charge in [-0.05, 0) is 6.42 Å². The summed E-state index contributed by atoms with van der Waals surface area (Å²) in [4.78, 5) is 11.5. The third-order valence-electron chi connectivity index (χ3n) is 2.63. The average molecular weight is 316 g/mol. The summed E-state index contributed by atoms with van der Waals surface area (Å²) < 4.78 is 29.0. The highest BCUT2D eigenvalue weighted by Crippen LogP contribution is 2.11. The van der Waals surface area contributed by atoms with Gasteiger partial charge in [-0.2, -0.15) is 4.31 Å². The minimum absolute atomic E-state index is 0. The zero-order valence-electron chi connectivity index (χ0n) is 11.1. The van der Waals surface area contributed by atoms with Gasteiger partial charge in [-0.1, -0.05) is 0 Å². The van der Waals surface area contributed by atoms with Crippen molar-refractivity contribution in [3.05, 3.63) is 0 Å². The third-order valence-corrected chi connectivity index (χ3v) is 4.53. The Balaban J connectivity index is 0.00000324. The van der Waals surface area contributed by atoms with Gasteiger partial charge in [-0.25, -0.2) is 8.42 Å². The smallest absolute Gasteiger partial charge is 0.235 e. The fourth-order valence-corrected chi connectivity index (χ4v) is 3.15. The van der Waals surface area contributed by atoms with Crippen molar-refractivity contribution in [1.29, 1.82) is 0 Å². The van der Waals surface area contributed by atoms with Crippen molar-refractivity contribution in [3.63, 3.8) is 0 Å². The first-order valence-electron chi connectivity index (χ1n) is 6.00. The van der Waals surface area contributed by atoms with Crippen LogP contribution < -0.4 is 10.6 Å². The standard InChI is InChI=1S/C10H21N3O4S.ClH/c1-17-7-5-11-3-4-12-10(14)9-13-6-2-8-18(13,15)16;/h11H,2-9H2,1H3,(H,12,14);1H. The summed E-state index contributed by atoms with van der Waals surface area (Å²) in [6.07, 6.45) is 0.605. The molecule has 1 saturated heterocycles. The number of carbonyl (C=O) groups excluding carboxylic acids is 1. The van der Waals surface area contributed by atoms with Gasteiger partial charge in [0.05, 0.1) is 18.9 Å². The van der Waals surface area contributed by atoms with Gasteiger partial charge < -0.3 is 15.4 Å². The number of sulfonamides is 1. The Bertz CT molecular complexity index is 364. The maximum atomic E-state index is 11.5. The van der Waals surface area contributed by atoms with E-state index in [2.05, 4.69) is 10.6 Å². The molecule has 1 fully saturated rings. The Morgan fingerprint density at radius 3 is 2.63 bits per heavy atom. The fraction of sp³-hybridized carbons (Fsp3) is 0.900. The molecule has 0 aliphatic carbocycles. The summed E-state index contributed by atoms with van der Waals surface area (Å²) in [6, 6.07) is 0. The Hall–Kier alpha value is -0.410. The van der Waals surface area contributed by atoms with E-state index in [0.717, 1.165) is 6.54 Å². The normalized spacial score (nSPS) is 17.9. The van der Waals surface area contributed by atoms with E-state index >= 15 is 0 Å². The molecule has 0 radical (unpaired) electrons. The fourth-order valence-electron chi connectivity index (χ4n) is 1.67. The monoisotopic (exact) mass is 315 g/mol. The highest BCUT2D eigenvalue weighted by molar-refractivity contribution is 7.89. The lowest BCUT2D eigenvalue weighted by atomic mass is 10.4. The molecule has 1 rings (SSSR count). The lowest BCUT2D eigenvalue weighted by Crippen LogP contribution is -2.40. The van der Waals surface area contributed by atoms with Crippen LogP contribution in [0.2, 0.25) is 0 Å². The second kappa shape index (κ2) is 9.49. The summed E-state index contributed by atoms with van der Waals surface area (Å²) in [6.45, 7) is 2.85. The average Bonchev–Trinajstić information content (AvgIpc) is 2.63. The number of nitrogens with one attached hydrogen (secondary N) is 2. The van der Waals surface area contributed by atoms with E-state index in [9.17, 15) is 13.2 Å². The van der Waals surface area contributed by atoms with Gasteiger partial charge >= 0.3 is 0 Å². The summed E-state index contributed by atoms with van der Waals surface area (Å²) in [5.41, 5.74) is 0. The van der Waals surface area contributed by atoms with Gasteiger partial charge in [0.15, 0.2) is 0 Å². The number of hydrogen-bond acceptors (Lipinski definition) is 5. The van der Waals surface area contributed by atoms with E-state index in [1.165, 1.54) is 4.31 Å². The van der Waals surface area contributed by atoms with E-state index in [0.29, 0.717) is 32.7 Å². The lowest BCUT2D eigenvalue weighted by Gasteiger charge is -2.13. The molecule has 1 aliphatic rings. The van der Waals surface area contributed by atoms with Gasteiger partial charge in [0.2, 0.25) is 15.9 Å². The van der Waals surface area contributed by atoms with Gasteiger partial charge in [0.1, 0.15) is 0 Å². The molecule has 0 atom stereocenters. The number of amides is 1. The Morgan fingerprint density at radius 2 is 2.05 bits per heavy atom. The molecule has 0 aromatic rings. The minimum atomic E-state index is -3.18. The number of methoxy groups -OCH3 is 1. The summed E-state index contributed by atoms with van der Waals surface area (Å²) in [5.74, 6) is -0.104. The zero-order chi connectivity index (χ0) is 13.4. The second-order valence-corrected chi connectivity index (χ2v) is 6.18. The molecule has 0 aromatic heterocycles. The Morgan fingerprint density at radius 1 is 1.32 bits per heavy atom. The van der Waals surface area contributed by atoms with E-state index < -0.39 is 10.0 Å². The molecule has 19 heavy (non-hydrogen) atoms. The minimum Gasteiger partial charge on any atom is -0.383 e. The Labute approximate surface area is 120 Å². The van der Waals surface area contributed by atoms with Crippen molar-refractivity contribution < 1.29 is 17.9 Å². The highest BCUT2D eigenvalue weighted by atomic mass is 35.5. The van der Waals surface area contributed by atoms with Crippen LogP contribution in [0.3, 0.4) is 0 Å². The molecule has 9 heteroatoms. The molecule has 0 saturated carbocycles. The number of carbonyl (C=O) groups is 1. The molecule has 0 aromatic carbocycles. The molecule has 2 N–H and O–H groups in total. The number of ether oxygens (including phenoxy) is 1. The van der Waals surface area contributed by atoms with Gasteiger partial charge in [0, 0.05) is 33.3 Å². The van der Waals surface area contributed by atoms with Gasteiger partial charge in [-0.15, -0.1) is 12.4 Å². The predicted molar refractivity (Wildman–Crippen MR) is 75.0 cm³/mol. The van der Waals surface area contributed by atoms with E-state index in [1.54, 1.807) is 7.11 Å². The molecule has 1 aliphatic heterocycles. The topological polar surface area (TPSA) is 87.7 Å². The highest BCUT2D eigenvalue weighted by Gasteiger charge is 2.29. The van der Waals surface area contributed by atoms with Gasteiger partial charge in [0.25, 0.3) is 0 Å². The summed E-state index contributed by atoms with van der Waals surface area (Å²) in [5, 5.41) is 5.76. The van der Waals surface area contributed by atoms with Crippen LogP contribution in [0, 0.1) is 0 Å². The number of halogens is 1. The van der Waals surface area contributed by atoms with Gasteiger partial charge in [-0.3, -0.25) is 4.79 Å².